The topological polar surface area (TPSA) is 91.8 Å². The predicted octanol–water partition coefficient (Wildman–Crippen LogP) is 3.71. The molecule has 0 aliphatic carbocycles. The lowest BCUT2D eigenvalue weighted by Gasteiger charge is -2.01. The lowest BCUT2D eigenvalue weighted by atomic mass is 10.1. The summed E-state index contributed by atoms with van der Waals surface area (Å²) in [6.07, 6.45) is 0. The Kier molecular flexibility index (Phi) is 4.93. The van der Waals surface area contributed by atoms with Crippen molar-refractivity contribution >= 4 is 34.0 Å². The van der Waals surface area contributed by atoms with Gasteiger partial charge >= 0.3 is 0 Å². The second-order valence-corrected chi connectivity index (χ2v) is 6.64. The highest BCUT2D eigenvalue weighted by atomic mass is 32.2. The van der Waals surface area contributed by atoms with Gasteiger partial charge in [-0.25, -0.2) is 0 Å². The minimum Gasteiger partial charge on any atom is -0.411 e. The number of thioether (sulfide) groups is 1. The number of amides is 1. The molecule has 0 atom stereocenters. The van der Waals surface area contributed by atoms with E-state index in [1.165, 1.54) is 11.3 Å². The molecular formula is C16H12N4O2S2. The van der Waals surface area contributed by atoms with Gasteiger partial charge in [0.05, 0.1) is 11.3 Å². The summed E-state index contributed by atoms with van der Waals surface area (Å²) in [5, 5.41) is 22.2. The van der Waals surface area contributed by atoms with Crippen LogP contribution >= 0.6 is 23.1 Å². The number of hydrogen-bond acceptors (Lipinski definition) is 7. The fourth-order valence-electron chi connectivity index (χ4n) is 1.97. The zero-order valence-electron chi connectivity index (χ0n) is 12.6. The van der Waals surface area contributed by atoms with Gasteiger partial charge in [0.25, 0.3) is 5.22 Å². The van der Waals surface area contributed by atoms with E-state index in [-0.39, 0.29) is 11.7 Å². The van der Waals surface area contributed by atoms with Gasteiger partial charge in [0.1, 0.15) is 11.1 Å². The summed E-state index contributed by atoms with van der Waals surface area (Å²) in [6, 6.07) is 11.4. The van der Waals surface area contributed by atoms with Gasteiger partial charge in [-0.2, -0.15) is 5.26 Å². The Morgan fingerprint density at radius 1 is 1.38 bits per heavy atom. The molecule has 24 heavy (non-hydrogen) atoms. The third-order valence-corrected chi connectivity index (χ3v) is 4.80. The van der Waals surface area contributed by atoms with E-state index in [9.17, 15) is 4.79 Å². The van der Waals surface area contributed by atoms with Crippen LogP contribution in [0.1, 0.15) is 11.1 Å². The molecule has 1 N–H and O–H groups in total. The van der Waals surface area contributed by atoms with E-state index in [4.69, 9.17) is 9.68 Å². The van der Waals surface area contributed by atoms with E-state index in [0.717, 1.165) is 22.9 Å². The average molecular weight is 356 g/mol. The van der Waals surface area contributed by atoms with Crippen molar-refractivity contribution in [1.82, 2.24) is 10.2 Å². The minimum atomic E-state index is -0.227. The van der Waals surface area contributed by atoms with Gasteiger partial charge < -0.3 is 9.73 Å². The monoisotopic (exact) mass is 356 g/mol. The van der Waals surface area contributed by atoms with Crippen LogP contribution in [0.3, 0.4) is 0 Å². The molecule has 3 rings (SSSR count). The van der Waals surface area contributed by atoms with Gasteiger partial charge in [0, 0.05) is 5.56 Å². The molecule has 2 aromatic heterocycles. The number of hydrogen-bond donors (Lipinski definition) is 1. The van der Waals surface area contributed by atoms with E-state index >= 15 is 0 Å². The maximum Gasteiger partial charge on any atom is 0.277 e. The van der Waals surface area contributed by atoms with Crippen molar-refractivity contribution in [2.45, 2.75) is 12.1 Å². The maximum absolute atomic E-state index is 12.0. The Hall–Kier alpha value is -2.63. The Morgan fingerprint density at radius 2 is 2.21 bits per heavy atom. The molecule has 0 radical (unpaired) electrons. The van der Waals surface area contributed by atoms with Crippen LogP contribution in [0.5, 0.6) is 0 Å². The molecule has 120 valence electrons. The number of carbonyl (C=O) groups excluding carboxylic acids is 1. The first-order valence-electron chi connectivity index (χ1n) is 6.97. The van der Waals surface area contributed by atoms with E-state index in [2.05, 4.69) is 15.5 Å². The van der Waals surface area contributed by atoms with Gasteiger partial charge in [-0.1, -0.05) is 30.0 Å². The number of rotatable bonds is 5. The van der Waals surface area contributed by atoms with Gasteiger partial charge in [-0.05, 0) is 30.0 Å². The third kappa shape index (κ3) is 3.64. The van der Waals surface area contributed by atoms with Crippen LogP contribution in [-0.4, -0.2) is 21.9 Å². The number of aromatic nitrogens is 2. The Morgan fingerprint density at radius 3 is 3.00 bits per heavy atom. The summed E-state index contributed by atoms with van der Waals surface area (Å²) >= 11 is 2.47. The second kappa shape index (κ2) is 7.29. The van der Waals surface area contributed by atoms with E-state index in [0.29, 0.717) is 21.7 Å². The molecule has 0 aliphatic rings. The average Bonchev–Trinajstić information content (AvgIpc) is 3.22. The van der Waals surface area contributed by atoms with Crippen molar-refractivity contribution in [3.63, 3.8) is 0 Å². The molecule has 1 amide bonds. The number of nitrogens with one attached hydrogen (secondary N) is 1. The molecule has 6 nitrogen and oxygen atoms in total. The number of anilines is 1. The Labute approximate surface area is 146 Å². The SMILES string of the molecule is Cc1ccccc1-c1nnc(SCC(=O)Nc2sccc2C#N)o1. The van der Waals surface area contributed by atoms with E-state index < -0.39 is 0 Å². The number of nitrogens with zero attached hydrogens (tertiary/aromatic N) is 3. The summed E-state index contributed by atoms with van der Waals surface area (Å²) in [5.41, 5.74) is 2.37. The van der Waals surface area contributed by atoms with Gasteiger partial charge in [0.15, 0.2) is 0 Å². The highest BCUT2D eigenvalue weighted by Gasteiger charge is 2.13. The first-order valence-corrected chi connectivity index (χ1v) is 8.83. The first-order chi connectivity index (χ1) is 11.7. The molecule has 0 spiro atoms. The third-order valence-electron chi connectivity index (χ3n) is 3.15. The fourth-order valence-corrected chi connectivity index (χ4v) is 3.29. The van der Waals surface area contributed by atoms with Crippen LogP contribution in [0.25, 0.3) is 11.5 Å². The van der Waals surface area contributed by atoms with Crippen LogP contribution < -0.4 is 5.32 Å². The summed E-state index contributed by atoms with van der Waals surface area (Å²) < 4.78 is 5.59. The van der Waals surface area contributed by atoms with Gasteiger partial charge in [-0.15, -0.1) is 21.5 Å². The van der Waals surface area contributed by atoms with Gasteiger partial charge in [-0.3, -0.25) is 4.79 Å². The van der Waals surface area contributed by atoms with Crippen molar-refractivity contribution in [2.24, 2.45) is 0 Å². The number of thiophene rings is 1. The zero-order chi connectivity index (χ0) is 16.9. The van der Waals surface area contributed by atoms with Crippen LogP contribution in [-0.2, 0) is 4.79 Å². The van der Waals surface area contributed by atoms with Crippen molar-refractivity contribution in [2.75, 3.05) is 11.1 Å². The summed E-state index contributed by atoms with van der Waals surface area (Å²) in [5.74, 6) is 0.327. The maximum atomic E-state index is 12.0. The minimum absolute atomic E-state index is 0.123. The first kappa shape index (κ1) is 16.2. The lowest BCUT2D eigenvalue weighted by Crippen LogP contribution is -2.13. The van der Waals surface area contributed by atoms with Gasteiger partial charge in [0.2, 0.25) is 11.8 Å². The molecule has 3 aromatic rings. The Balaban J connectivity index is 1.61. The van der Waals surface area contributed by atoms with E-state index in [1.807, 2.05) is 37.3 Å². The Bertz CT molecular complexity index is 911. The standard InChI is InChI=1S/C16H12N4O2S2/c1-10-4-2-3-5-12(10)14-19-20-16(22-14)24-9-13(21)18-15-11(8-17)6-7-23-15/h2-7H,9H2,1H3,(H,18,21). The fraction of sp³-hybridized carbons (Fsp3) is 0.125. The highest BCUT2D eigenvalue weighted by Crippen LogP contribution is 2.26. The summed E-state index contributed by atoms with van der Waals surface area (Å²) in [6.45, 7) is 1.97. The van der Waals surface area contributed by atoms with Crippen molar-refractivity contribution in [3.05, 3.63) is 46.8 Å². The molecule has 8 heteroatoms. The summed E-state index contributed by atoms with van der Waals surface area (Å²) in [7, 11) is 0. The molecule has 1 aromatic carbocycles. The number of benzene rings is 1. The largest absolute Gasteiger partial charge is 0.411 e. The second-order valence-electron chi connectivity index (χ2n) is 4.80. The molecule has 0 saturated carbocycles. The number of carbonyl (C=O) groups is 1. The van der Waals surface area contributed by atoms with Crippen LogP contribution in [0.4, 0.5) is 5.00 Å². The lowest BCUT2D eigenvalue weighted by molar-refractivity contribution is -0.113. The summed E-state index contributed by atoms with van der Waals surface area (Å²) in [4.78, 5) is 12.0. The quantitative estimate of drug-likeness (QED) is 0.701. The van der Waals surface area contributed by atoms with Crippen molar-refractivity contribution in [3.8, 4) is 17.5 Å². The molecule has 0 bridgehead atoms. The van der Waals surface area contributed by atoms with Crippen molar-refractivity contribution < 1.29 is 9.21 Å². The molecule has 0 unspecified atom stereocenters. The molecule has 0 aliphatic heterocycles. The molecule has 0 saturated heterocycles. The molecule has 2 heterocycles. The van der Waals surface area contributed by atoms with Crippen molar-refractivity contribution in [1.29, 1.82) is 5.26 Å². The van der Waals surface area contributed by atoms with Crippen LogP contribution in [0.2, 0.25) is 0 Å². The number of aryl methyl sites for hydroxylation is 1. The normalized spacial score (nSPS) is 10.3. The highest BCUT2D eigenvalue weighted by molar-refractivity contribution is 7.99. The van der Waals surface area contributed by atoms with E-state index in [1.54, 1.807) is 11.4 Å². The molecular weight excluding hydrogens is 344 g/mol. The smallest absolute Gasteiger partial charge is 0.277 e. The van der Waals surface area contributed by atoms with Crippen LogP contribution in [0, 0.1) is 18.3 Å². The predicted molar refractivity (Wildman–Crippen MR) is 92.9 cm³/mol. The zero-order valence-corrected chi connectivity index (χ0v) is 14.3. The number of nitriles is 1. The molecule has 0 fully saturated rings. The van der Waals surface area contributed by atoms with Crippen LogP contribution in [0.15, 0.2) is 45.4 Å².